The second-order valence-electron chi connectivity index (χ2n) is 6.53. The molecule has 2 heterocycles. The van der Waals surface area contributed by atoms with Gasteiger partial charge in [0.05, 0.1) is 11.7 Å². The summed E-state index contributed by atoms with van der Waals surface area (Å²) in [6.07, 6.45) is 3.55. The molecule has 0 radical (unpaired) electrons. The van der Waals surface area contributed by atoms with Crippen molar-refractivity contribution < 1.29 is 9.32 Å². The Balaban J connectivity index is 2.10. The molecule has 0 aliphatic carbocycles. The number of benzene rings is 1. The number of pyridine rings is 1. The molecule has 3 rings (SSSR count). The lowest BCUT2D eigenvalue weighted by molar-refractivity contribution is 0.0674. The third-order valence-electron chi connectivity index (χ3n) is 4.31. The summed E-state index contributed by atoms with van der Waals surface area (Å²) in [5, 5.41) is 3.85. The lowest BCUT2D eigenvalue weighted by Gasteiger charge is -2.31. The van der Waals surface area contributed by atoms with Crippen LogP contribution in [-0.2, 0) is 0 Å². The largest absolute Gasteiger partial charge is 0.351 e. The van der Waals surface area contributed by atoms with E-state index in [4.69, 9.17) is 4.52 Å². The van der Waals surface area contributed by atoms with Gasteiger partial charge in [0.1, 0.15) is 0 Å². The van der Waals surface area contributed by atoms with Crippen molar-refractivity contribution in [3.05, 3.63) is 82.5 Å². The topological polar surface area (TPSA) is 59.2 Å². The van der Waals surface area contributed by atoms with Gasteiger partial charge < -0.3 is 9.42 Å². The summed E-state index contributed by atoms with van der Waals surface area (Å²) in [6.45, 7) is 8.43. The van der Waals surface area contributed by atoms with E-state index in [-0.39, 0.29) is 17.7 Å². The summed E-state index contributed by atoms with van der Waals surface area (Å²) >= 11 is 0. The first-order chi connectivity index (χ1) is 12.5. The molecular formula is C21H23N3O2. The number of amides is 1. The summed E-state index contributed by atoms with van der Waals surface area (Å²) in [6, 6.07) is 11.7. The standard InChI is InChI=1S/C21H23N3O2/c1-5-24(21(25)19-12-16(4)23-26-19)20(17-7-6-8-22-13-17)18-10-14(2)9-15(3)11-18/h6-13,20H,5H2,1-4H3. The van der Waals surface area contributed by atoms with Crippen molar-refractivity contribution >= 4 is 5.91 Å². The number of aromatic nitrogens is 2. The molecule has 1 amide bonds. The van der Waals surface area contributed by atoms with E-state index in [2.05, 4.69) is 42.2 Å². The van der Waals surface area contributed by atoms with E-state index in [0.29, 0.717) is 12.2 Å². The first-order valence-electron chi connectivity index (χ1n) is 8.72. The molecule has 3 aromatic rings. The van der Waals surface area contributed by atoms with Gasteiger partial charge in [-0.05, 0) is 44.9 Å². The van der Waals surface area contributed by atoms with Crippen LogP contribution in [0.3, 0.4) is 0 Å². The smallest absolute Gasteiger partial charge is 0.293 e. The zero-order chi connectivity index (χ0) is 18.7. The lowest BCUT2D eigenvalue weighted by atomic mass is 9.95. The van der Waals surface area contributed by atoms with Crippen LogP contribution in [0.4, 0.5) is 0 Å². The summed E-state index contributed by atoms with van der Waals surface area (Å²) in [7, 11) is 0. The molecule has 0 aliphatic heterocycles. The predicted octanol–water partition coefficient (Wildman–Crippen LogP) is 4.25. The van der Waals surface area contributed by atoms with E-state index in [1.807, 2.05) is 25.3 Å². The van der Waals surface area contributed by atoms with Crippen molar-refractivity contribution in [3.8, 4) is 0 Å². The summed E-state index contributed by atoms with van der Waals surface area (Å²) in [4.78, 5) is 19.2. The minimum atomic E-state index is -0.245. The quantitative estimate of drug-likeness (QED) is 0.691. The summed E-state index contributed by atoms with van der Waals surface area (Å²) in [5.74, 6) is 0.0729. The number of carbonyl (C=O) groups excluding carboxylic acids is 1. The highest BCUT2D eigenvalue weighted by Gasteiger charge is 2.29. The lowest BCUT2D eigenvalue weighted by Crippen LogP contribution is -2.35. The molecule has 1 aromatic carbocycles. The molecule has 5 heteroatoms. The van der Waals surface area contributed by atoms with Crippen LogP contribution in [0.5, 0.6) is 0 Å². The maximum atomic E-state index is 13.1. The fourth-order valence-corrected chi connectivity index (χ4v) is 3.31. The third-order valence-corrected chi connectivity index (χ3v) is 4.31. The van der Waals surface area contributed by atoms with Crippen LogP contribution in [0.15, 0.2) is 53.3 Å². The fourth-order valence-electron chi connectivity index (χ4n) is 3.31. The second-order valence-corrected chi connectivity index (χ2v) is 6.53. The van der Waals surface area contributed by atoms with Crippen LogP contribution < -0.4 is 0 Å². The number of rotatable bonds is 5. The van der Waals surface area contributed by atoms with E-state index < -0.39 is 0 Å². The van der Waals surface area contributed by atoms with Gasteiger partial charge >= 0.3 is 0 Å². The Bertz CT molecular complexity index is 882. The minimum Gasteiger partial charge on any atom is -0.351 e. The molecular weight excluding hydrogens is 326 g/mol. The van der Waals surface area contributed by atoms with Gasteiger partial charge in [-0.1, -0.05) is 40.5 Å². The number of hydrogen-bond donors (Lipinski definition) is 0. The van der Waals surface area contributed by atoms with Crippen LogP contribution in [0.1, 0.15) is 51.5 Å². The van der Waals surface area contributed by atoms with Crippen LogP contribution in [0, 0.1) is 20.8 Å². The number of hydrogen-bond acceptors (Lipinski definition) is 4. The third kappa shape index (κ3) is 3.67. The first kappa shape index (κ1) is 17.9. The molecule has 1 atom stereocenters. The van der Waals surface area contributed by atoms with Gasteiger partial charge in [-0.25, -0.2) is 0 Å². The van der Waals surface area contributed by atoms with Crippen LogP contribution >= 0.6 is 0 Å². The first-order valence-corrected chi connectivity index (χ1v) is 8.72. The number of carbonyl (C=O) groups is 1. The average Bonchev–Trinajstić information content (AvgIpc) is 3.05. The van der Waals surface area contributed by atoms with Gasteiger partial charge in [0, 0.05) is 25.0 Å². The van der Waals surface area contributed by atoms with Gasteiger partial charge in [-0.3, -0.25) is 9.78 Å². The molecule has 0 fully saturated rings. The van der Waals surface area contributed by atoms with E-state index >= 15 is 0 Å². The Morgan fingerprint density at radius 2 is 1.85 bits per heavy atom. The highest BCUT2D eigenvalue weighted by atomic mass is 16.5. The number of aryl methyl sites for hydroxylation is 3. The summed E-state index contributed by atoms with van der Waals surface area (Å²) < 4.78 is 5.22. The van der Waals surface area contributed by atoms with Crippen molar-refractivity contribution in [1.29, 1.82) is 0 Å². The van der Waals surface area contributed by atoms with Crippen molar-refractivity contribution in [2.75, 3.05) is 6.54 Å². The molecule has 0 aliphatic rings. The Labute approximate surface area is 153 Å². The monoisotopic (exact) mass is 349 g/mol. The maximum Gasteiger partial charge on any atom is 0.293 e. The van der Waals surface area contributed by atoms with Crippen LogP contribution in [-0.4, -0.2) is 27.5 Å². The minimum absolute atomic E-state index is 0.180. The normalized spacial score (nSPS) is 12.0. The van der Waals surface area contributed by atoms with Crippen molar-refractivity contribution in [2.24, 2.45) is 0 Å². The highest BCUT2D eigenvalue weighted by Crippen LogP contribution is 2.31. The highest BCUT2D eigenvalue weighted by molar-refractivity contribution is 5.92. The Kier molecular flexibility index (Phi) is 5.16. The second kappa shape index (κ2) is 7.52. The molecule has 0 saturated heterocycles. The van der Waals surface area contributed by atoms with Gasteiger partial charge in [-0.15, -0.1) is 0 Å². The van der Waals surface area contributed by atoms with E-state index in [0.717, 1.165) is 22.3 Å². The Morgan fingerprint density at radius 3 is 2.38 bits per heavy atom. The Morgan fingerprint density at radius 1 is 1.12 bits per heavy atom. The van der Waals surface area contributed by atoms with Gasteiger partial charge in [0.15, 0.2) is 0 Å². The fraction of sp³-hybridized carbons (Fsp3) is 0.286. The predicted molar refractivity (Wildman–Crippen MR) is 99.9 cm³/mol. The zero-order valence-electron chi connectivity index (χ0n) is 15.6. The molecule has 1 unspecified atom stereocenters. The zero-order valence-corrected chi connectivity index (χ0v) is 15.6. The van der Waals surface area contributed by atoms with Crippen molar-refractivity contribution in [1.82, 2.24) is 15.0 Å². The van der Waals surface area contributed by atoms with E-state index in [1.54, 1.807) is 24.1 Å². The Hall–Kier alpha value is -2.95. The molecule has 0 spiro atoms. The SMILES string of the molecule is CCN(C(=O)c1cc(C)no1)C(c1cccnc1)c1cc(C)cc(C)c1. The molecule has 0 bridgehead atoms. The van der Waals surface area contributed by atoms with E-state index in [1.165, 1.54) is 0 Å². The maximum absolute atomic E-state index is 13.1. The molecule has 0 N–H and O–H groups in total. The molecule has 26 heavy (non-hydrogen) atoms. The van der Waals surface area contributed by atoms with Gasteiger partial charge in [-0.2, -0.15) is 0 Å². The summed E-state index contributed by atoms with van der Waals surface area (Å²) in [5.41, 5.74) is 5.03. The van der Waals surface area contributed by atoms with Gasteiger partial charge in [0.2, 0.25) is 5.76 Å². The number of nitrogens with zero attached hydrogens (tertiary/aromatic N) is 3. The van der Waals surface area contributed by atoms with Crippen LogP contribution in [0.25, 0.3) is 0 Å². The molecule has 0 saturated carbocycles. The molecule has 134 valence electrons. The average molecular weight is 349 g/mol. The molecule has 5 nitrogen and oxygen atoms in total. The van der Waals surface area contributed by atoms with Crippen molar-refractivity contribution in [2.45, 2.75) is 33.7 Å². The van der Waals surface area contributed by atoms with E-state index in [9.17, 15) is 4.79 Å². The van der Waals surface area contributed by atoms with Crippen LogP contribution in [0.2, 0.25) is 0 Å². The molecule has 2 aromatic heterocycles. The van der Waals surface area contributed by atoms with Crippen molar-refractivity contribution in [3.63, 3.8) is 0 Å². The van der Waals surface area contributed by atoms with Gasteiger partial charge in [0.25, 0.3) is 5.91 Å².